The van der Waals surface area contributed by atoms with Crippen LogP contribution in [0.3, 0.4) is 0 Å². The number of rotatable bonds is 33. The van der Waals surface area contributed by atoms with E-state index in [0.29, 0.717) is 11.4 Å². The van der Waals surface area contributed by atoms with Gasteiger partial charge in [0.1, 0.15) is 73.5 Å². The highest BCUT2D eigenvalue weighted by Crippen LogP contribution is 2.64. The largest absolute Gasteiger partial charge is 0.402 e. The van der Waals surface area contributed by atoms with Crippen molar-refractivity contribution in [1.29, 1.82) is 0 Å². The van der Waals surface area contributed by atoms with Crippen LogP contribution in [0.25, 0.3) is 11.2 Å². The number of nitrogens with zero attached hydrogens (tertiary/aromatic N) is 6. The highest BCUT2D eigenvalue weighted by molar-refractivity contribution is 8.54. The van der Waals surface area contributed by atoms with E-state index in [1.165, 1.54) is 64.5 Å². The third-order valence-electron chi connectivity index (χ3n) is 15.2. The minimum atomic E-state index is -4.89. The molecule has 0 amide bonds. The molecule has 0 spiro atoms. The molecule has 9 heterocycles. The third-order valence-corrected chi connectivity index (χ3v) is 24.9. The van der Waals surface area contributed by atoms with Crippen molar-refractivity contribution in [2.45, 2.75) is 126 Å². The molecule has 4 fully saturated rings. The SMILES string of the molecule is CNOP(=O)(S)OC[C@H]1O[C@@H](n2cnc3c(=O)[nH]c(N)nc32)CC1OP(=O)(S)OC[C@H]1O[C@@H](n2cc(C)c(=O)[nH]c2=O)CC1OP(=O)(S)OC[C@H]1O[C@@H](n2cc(C)c(=O)[nH]c2=O)C(OC)C1OP(=O)(S)OC[C@H]1O[C@@H](n2cc(C)c(=O)[nH]c2=O)C(OC)C1OP(=O)(OCCCO)SC. The number of anilines is 1. The molecule has 0 aromatic carbocycles. The van der Waals surface area contributed by atoms with Crippen molar-refractivity contribution in [2.75, 3.05) is 72.9 Å². The lowest BCUT2D eigenvalue weighted by atomic mass is 10.1. The Morgan fingerprint density at radius 3 is 1.48 bits per heavy atom. The second-order valence-corrected chi connectivity index (χ2v) is 37.4. The first-order valence-corrected chi connectivity index (χ1v) is 43.0. The van der Waals surface area contributed by atoms with Crippen LogP contribution in [-0.2, 0) is 96.6 Å². The Labute approximate surface area is 577 Å². The Bertz CT molecular complexity index is 4410. The van der Waals surface area contributed by atoms with E-state index in [1.54, 1.807) is 0 Å². The highest BCUT2D eigenvalue weighted by atomic mass is 32.7. The second kappa shape index (κ2) is 32.6. The molecule has 51 heteroatoms. The molecule has 41 nitrogen and oxygen atoms in total. The first-order valence-electron chi connectivity index (χ1n) is 28.9. The summed E-state index contributed by atoms with van der Waals surface area (Å²) in [7, 11) is 3.65. The van der Waals surface area contributed by atoms with Gasteiger partial charge in [-0.1, -0.05) is 49.0 Å². The maximum Gasteiger partial charge on any atom is 0.402 e. The number of methoxy groups -OCH3 is 2. The minimum Gasteiger partial charge on any atom is -0.396 e. The molecule has 0 aliphatic carbocycles. The van der Waals surface area contributed by atoms with Gasteiger partial charge in [0.05, 0.1) is 39.4 Å². The van der Waals surface area contributed by atoms with Crippen LogP contribution in [0.5, 0.6) is 0 Å². The Morgan fingerprint density at radius 2 is 1.02 bits per heavy atom. The van der Waals surface area contributed by atoms with Crippen molar-refractivity contribution in [1.82, 2.24) is 53.7 Å². The minimum absolute atomic E-state index is 0.0124. The number of nitrogens with two attached hydrogens (primary N) is 1. The van der Waals surface area contributed by atoms with Gasteiger partial charge >= 0.3 is 51.1 Å². The van der Waals surface area contributed by atoms with Gasteiger partial charge in [-0.2, -0.15) is 10.5 Å². The van der Waals surface area contributed by atoms with E-state index >= 15 is 0 Å². The zero-order valence-corrected chi connectivity index (χ0v) is 61.2. The van der Waals surface area contributed by atoms with Crippen molar-refractivity contribution in [3.05, 3.63) is 114 Å². The summed E-state index contributed by atoms with van der Waals surface area (Å²) in [5.41, 5.74) is 2.22. The normalized spacial score (nSPS) is 28.9. The van der Waals surface area contributed by atoms with Crippen molar-refractivity contribution >= 4 is 111 Å². The zero-order chi connectivity index (χ0) is 71.6. The van der Waals surface area contributed by atoms with Crippen LogP contribution in [0.1, 0.15) is 60.9 Å². The van der Waals surface area contributed by atoms with Crippen molar-refractivity contribution < 1.29 is 102 Å². The second-order valence-electron chi connectivity index (χ2n) is 21.8. The van der Waals surface area contributed by atoms with Gasteiger partial charge in [-0.3, -0.25) is 93.6 Å². The Hall–Kier alpha value is -3.63. The molecule has 5 aromatic heterocycles. The van der Waals surface area contributed by atoms with E-state index in [9.17, 15) is 61.5 Å². The number of hydrogen-bond acceptors (Lipinski definition) is 34. The van der Waals surface area contributed by atoms with Gasteiger partial charge in [0.25, 0.3) is 22.2 Å². The number of hydrogen-bond donors (Lipinski definition) is 11. The number of imidazole rings is 1. The van der Waals surface area contributed by atoms with Crippen molar-refractivity contribution in [2.24, 2.45) is 0 Å². The van der Waals surface area contributed by atoms with E-state index in [2.05, 4.69) is 84.4 Å². The molecular formula is C47H69N12O29P5S5. The topological polar surface area (TPSA) is 519 Å². The van der Waals surface area contributed by atoms with Crippen LogP contribution < -0.4 is 50.5 Å². The summed E-state index contributed by atoms with van der Waals surface area (Å²) in [4.78, 5) is 107. The van der Waals surface area contributed by atoms with Crippen LogP contribution in [-0.4, -0.2) is 181 Å². The number of hydroxylamine groups is 1. The average molecular weight is 1580 g/mol. The predicted molar refractivity (Wildman–Crippen MR) is 356 cm³/mol. The molecule has 4 saturated heterocycles. The molecule has 5 aromatic rings. The number of aliphatic hydroxyl groups is 1. The van der Waals surface area contributed by atoms with Gasteiger partial charge in [0.2, 0.25) is 5.95 Å². The molecule has 0 saturated carbocycles. The fraction of sp³-hybridized carbons (Fsp3) is 0.638. The van der Waals surface area contributed by atoms with E-state index in [1.807, 2.05) is 0 Å². The molecule has 546 valence electrons. The number of ether oxygens (including phenoxy) is 6. The number of thiol groups is 4. The molecule has 4 aliphatic heterocycles. The first-order chi connectivity index (χ1) is 46.1. The van der Waals surface area contributed by atoms with Gasteiger partial charge in [0, 0.05) is 76.0 Å². The van der Waals surface area contributed by atoms with Gasteiger partial charge in [-0.25, -0.2) is 46.8 Å². The van der Waals surface area contributed by atoms with E-state index in [0.717, 1.165) is 27.0 Å². The Kier molecular flexibility index (Phi) is 26.1. The fourth-order valence-electron chi connectivity index (χ4n) is 10.6. The molecule has 0 bridgehead atoms. The summed E-state index contributed by atoms with van der Waals surface area (Å²) < 4.78 is 169. The van der Waals surface area contributed by atoms with Crippen LogP contribution in [0.15, 0.2) is 58.5 Å². The smallest absolute Gasteiger partial charge is 0.396 e. The monoisotopic (exact) mass is 1580 g/mol. The van der Waals surface area contributed by atoms with Gasteiger partial charge in [-0.05, 0) is 44.8 Å². The standard InChI is InChI=1S/C47H69N12O29P5S5/c1-21-13-56(45(65)53-38(21)61)30-11-24(26(80-30)16-76-89(68,94)85-25-12-31(81-27(25)17-79-92(71,97)88-49-4)59-20-50-32-37(59)51-44(48)52-41(32)64)84-90(69,95)77-18-28-33(35(73-5)42(82-28)57-14-22(2)39(62)54-46(57)66)86-91(70,96)78-19-29-34(87-93(72,98-7)75-10-8-9-60)36(74-6)43(83-29)58-15-23(3)40(63)55-47(58)67/h13-15,20,24-31,33-36,42-43,49,60H,8-12,16-19H2,1-7H3,(H,68,94)(H,69,95)(H,70,96)(H,71,97)(H,53,61,65)(H,54,62,66)(H,55,63,67)(H3,48,51,52,64)/t24?,25?,26-,27-,28-,29-,30-,31-,33?,34?,35?,36?,42-,43-,89?,90?,91?,92?,93?/m1/s1. The average Bonchev–Trinajstić information content (AvgIpc) is 1.63. The number of fused-ring (bicyclic) bond motifs is 1. The molecule has 4 aliphatic rings. The van der Waals surface area contributed by atoms with Gasteiger partial charge < -0.3 is 43.8 Å². The number of aromatic amines is 4. The third kappa shape index (κ3) is 18.8. The molecule has 0 radical (unpaired) electrons. The van der Waals surface area contributed by atoms with Crippen molar-refractivity contribution in [3.8, 4) is 0 Å². The molecule has 8 N–H and O–H groups in total. The summed E-state index contributed by atoms with van der Waals surface area (Å²) in [5.74, 6) is -0.258. The predicted octanol–water partition coefficient (Wildman–Crippen LogP) is 2.46. The van der Waals surface area contributed by atoms with Crippen LogP contribution in [0.2, 0.25) is 0 Å². The van der Waals surface area contributed by atoms with E-state index in [-0.39, 0.29) is 59.9 Å². The summed E-state index contributed by atoms with van der Waals surface area (Å²) in [5, 5.41) is 9.40. The lowest BCUT2D eigenvalue weighted by Gasteiger charge is -2.28. The lowest BCUT2D eigenvalue weighted by Crippen LogP contribution is -2.40. The first kappa shape index (κ1) is 78.5. The number of aryl methyl sites for hydroxylation is 3. The Morgan fingerprint density at radius 1 is 0.592 bits per heavy atom. The summed E-state index contributed by atoms with van der Waals surface area (Å²) in [6.45, 7) is -22.2. The molecule has 98 heavy (non-hydrogen) atoms. The number of aliphatic hydroxyl groups excluding tert-OH is 1. The summed E-state index contributed by atoms with van der Waals surface area (Å²) in [6, 6.07) is 0. The van der Waals surface area contributed by atoms with Crippen LogP contribution >= 0.6 is 94.4 Å². The fourth-order valence-corrected chi connectivity index (χ4v) is 18.4. The quantitative estimate of drug-likeness (QED) is 0.0124. The number of H-pyrrole nitrogens is 4. The molecule has 9 rings (SSSR count). The maximum absolute atomic E-state index is 14.7. The van der Waals surface area contributed by atoms with E-state index in [4.69, 9.17) is 79.5 Å². The number of aromatic nitrogens is 10. The zero-order valence-electron chi connectivity index (χ0n) is 52.3. The highest BCUT2D eigenvalue weighted by Gasteiger charge is 2.54. The molecular weight excluding hydrogens is 1510 g/mol. The van der Waals surface area contributed by atoms with Gasteiger partial charge in [-0.15, -0.1) is 0 Å². The summed E-state index contributed by atoms with van der Waals surface area (Å²) in [6.07, 6.45) is -14.8. The van der Waals surface area contributed by atoms with Crippen molar-refractivity contribution in [3.63, 3.8) is 0 Å². The Balaban J connectivity index is 0.956. The van der Waals surface area contributed by atoms with Crippen LogP contribution in [0, 0.1) is 20.8 Å². The lowest BCUT2D eigenvalue weighted by molar-refractivity contribution is -0.0625. The number of nitrogens with one attached hydrogen (secondary N) is 5. The summed E-state index contributed by atoms with van der Waals surface area (Å²) >= 11 is 17.3. The van der Waals surface area contributed by atoms with Crippen LogP contribution in [0.4, 0.5) is 5.95 Å². The molecule has 11 unspecified atom stereocenters. The maximum atomic E-state index is 14.7. The molecule has 19 atom stereocenters. The van der Waals surface area contributed by atoms with E-state index < -0.39 is 192 Å². The number of nitrogen functional groups attached to an aromatic ring is 1. The van der Waals surface area contributed by atoms with Gasteiger partial charge in [0.15, 0.2) is 23.6 Å².